The van der Waals surface area contributed by atoms with Gasteiger partial charge in [0.1, 0.15) is 18.3 Å². The third kappa shape index (κ3) is 2.28. The summed E-state index contributed by atoms with van der Waals surface area (Å²) in [4.78, 5) is 11.0. The van der Waals surface area contributed by atoms with Gasteiger partial charge in [-0.25, -0.2) is 0 Å². The molecular weight excluding hydrogens is 204 g/mol. The van der Waals surface area contributed by atoms with E-state index in [1.807, 2.05) is 0 Å². The van der Waals surface area contributed by atoms with Crippen molar-refractivity contribution in [2.45, 2.75) is 31.0 Å². The average molecular weight is 218 g/mol. The number of rotatable bonds is 2. The molecular formula is C9H14O6. The molecule has 6 nitrogen and oxygen atoms in total. The first-order valence-electron chi connectivity index (χ1n) is 4.84. The van der Waals surface area contributed by atoms with Crippen molar-refractivity contribution in [1.82, 2.24) is 0 Å². The summed E-state index contributed by atoms with van der Waals surface area (Å²) in [7, 11) is 1.31. The van der Waals surface area contributed by atoms with Gasteiger partial charge in [-0.3, -0.25) is 4.79 Å². The molecule has 86 valence electrons. The molecule has 2 fully saturated rings. The van der Waals surface area contributed by atoms with Crippen LogP contribution in [0.25, 0.3) is 0 Å². The van der Waals surface area contributed by atoms with Crippen LogP contribution in [0.2, 0.25) is 0 Å². The van der Waals surface area contributed by atoms with Crippen LogP contribution in [-0.2, 0) is 23.7 Å². The lowest BCUT2D eigenvalue weighted by atomic mass is 10.1. The summed E-state index contributed by atoms with van der Waals surface area (Å²) in [5.74, 6) is -0.396. The van der Waals surface area contributed by atoms with Crippen molar-refractivity contribution in [3.05, 3.63) is 0 Å². The third-order valence-corrected chi connectivity index (χ3v) is 2.54. The molecule has 4 unspecified atom stereocenters. The predicted octanol–water partition coefficient (Wildman–Crippen LogP) is -0.949. The summed E-state index contributed by atoms with van der Waals surface area (Å²) in [5.41, 5.74) is 0. The standard InChI is InChI=1S/C9H14O6/c1-12-7(11)2-8-14-4-6-9(15-8)5(10)3-13-6/h5-6,8-10H,2-4H2,1H3. The lowest BCUT2D eigenvalue weighted by molar-refractivity contribution is -0.249. The van der Waals surface area contributed by atoms with E-state index in [1.165, 1.54) is 7.11 Å². The Labute approximate surface area is 87.1 Å². The zero-order valence-electron chi connectivity index (χ0n) is 8.42. The van der Waals surface area contributed by atoms with Gasteiger partial charge in [0, 0.05) is 0 Å². The van der Waals surface area contributed by atoms with E-state index in [0.29, 0.717) is 6.61 Å². The van der Waals surface area contributed by atoms with E-state index < -0.39 is 24.5 Å². The summed E-state index contributed by atoms with van der Waals surface area (Å²) in [6.45, 7) is 0.590. The van der Waals surface area contributed by atoms with E-state index in [0.717, 1.165) is 0 Å². The third-order valence-electron chi connectivity index (χ3n) is 2.54. The summed E-state index contributed by atoms with van der Waals surface area (Å²) >= 11 is 0. The zero-order valence-corrected chi connectivity index (χ0v) is 8.42. The molecule has 0 bridgehead atoms. The van der Waals surface area contributed by atoms with Crippen molar-refractivity contribution in [3.63, 3.8) is 0 Å². The number of esters is 1. The van der Waals surface area contributed by atoms with Crippen molar-refractivity contribution in [1.29, 1.82) is 0 Å². The Balaban J connectivity index is 1.88. The minimum absolute atomic E-state index is 0.0342. The van der Waals surface area contributed by atoms with Crippen LogP contribution in [0, 0.1) is 0 Å². The van der Waals surface area contributed by atoms with Crippen LogP contribution in [-0.4, -0.2) is 56.0 Å². The number of carbonyl (C=O) groups is 1. The molecule has 15 heavy (non-hydrogen) atoms. The highest BCUT2D eigenvalue weighted by atomic mass is 16.7. The van der Waals surface area contributed by atoms with Crippen molar-refractivity contribution in [2.75, 3.05) is 20.3 Å². The SMILES string of the molecule is COC(=O)CC1OCC2OCC(O)C2O1. The van der Waals surface area contributed by atoms with Crippen molar-refractivity contribution in [2.24, 2.45) is 0 Å². The molecule has 4 atom stereocenters. The molecule has 1 N–H and O–H groups in total. The monoisotopic (exact) mass is 218 g/mol. The Bertz CT molecular complexity index is 243. The topological polar surface area (TPSA) is 74.2 Å². The first kappa shape index (κ1) is 10.8. The van der Waals surface area contributed by atoms with Gasteiger partial charge in [0.05, 0.1) is 26.7 Å². The van der Waals surface area contributed by atoms with Gasteiger partial charge >= 0.3 is 5.97 Å². The van der Waals surface area contributed by atoms with Crippen LogP contribution in [0.3, 0.4) is 0 Å². The molecule has 0 amide bonds. The molecule has 2 aliphatic heterocycles. The van der Waals surface area contributed by atoms with Gasteiger partial charge < -0.3 is 24.1 Å². The van der Waals surface area contributed by atoms with E-state index in [-0.39, 0.29) is 19.1 Å². The van der Waals surface area contributed by atoms with Crippen LogP contribution in [0.4, 0.5) is 0 Å². The van der Waals surface area contributed by atoms with Crippen molar-refractivity contribution < 1.29 is 28.8 Å². The average Bonchev–Trinajstić information content (AvgIpc) is 2.60. The first-order valence-corrected chi connectivity index (χ1v) is 4.84. The van der Waals surface area contributed by atoms with Gasteiger partial charge in [0.25, 0.3) is 0 Å². The Morgan fingerprint density at radius 2 is 2.27 bits per heavy atom. The van der Waals surface area contributed by atoms with E-state index in [2.05, 4.69) is 4.74 Å². The molecule has 0 spiro atoms. The van der Waals surface area contributed by atoms with Crippen molar-refractivity contribution >= 4 is 5.97 Å². The second kappa shape index (κ2) is 4.44. The van der Waals surface area contributed by atoms with Crippen LogP contribution < -0.4 is 0 Å². The fourth-order valence-electron chi connectivity index (χ4n) is 1.72. The molecule has 0 radical (unpaired) electrons. The highest BCUT2D eigenvalue weighted by Gasteiger charge is 2.43. The number of ether oxygens (including phenoxy) is 4. The van der Waals surface area contributed by atoms with E-state index >= 15 is 0 Å². The van der Waals surface area contributed by atoms with Gasteiger partial charge in [0.2, 0.25) is 0 Å². The summed E-state index contributed by atoms with van der Waals surface area (Å²) in [6.07, 6.45) is -1.87. The maximum absolute atomic E-state index is 11.0. The number of aliphatic hydroxyl groups excluding tert-OH is 1. The molecule has 0 aromatic carbocycles. The minimum Gasteiger partial charge on any atom is -0.469 e. The summed E-state index contributed by atoms with van der Waals surface area (Å²) in [6, 6.07) is 0. The number of fused-ring (bicyclic) bond motifs is 1. The molecule has 0 aromatic rings. The van der Waals surface area contributed by atoms with E-state index in [1.54, 1.807) is 0 Å². The fourth-order valence-corrected chi connectivity index (χ4v) is 1.72. The van der Waals surface area contributed by atoms with Crippen LogP contribution in [0.1, 0.15) is 6.42 Å². The number of hydrogen-bond donors (Lipinski definition) is 1. The highest BCUT2D eigenvalue weighted by Crippen LogP contribution is 2.25. The highest BCUT2D eigenvalue weighted by molar-refractivity contribution is 5.69. The summed E-state index contributed by atoms with van der Waals surface area (Å²) < 4.78 is 20.4. The molecule has 0 saturated carbocycles. The quantitative estimate of drug-likeness (QED) is 0.602. The second-order valence-electron chi connectivity index (χ2n) is 3.58. The maximum Gasteiger partial charge on any atom is 0.310 e. The normalized spacial score (nSPS) is 39.9. The van der Waals surface area contributed by atoms with Gasteiger partial charge in [0.15, 0.2) is 6.29 Å². The second-order valence-corrected chi connectivity index (χ2v) is 3.58. The number of aliphatic hydroxyl groups is 1. The van der Waals surface area contributed by atoms with Gasteiger partial charge in [-0.2, -0.15) is 0 Å². The Hall–Kier alpha value is -0.690. The maximum atomic E-state index is 11.0. The number of methoxy groups -OCH3 is 1. The van der Waals surface area contributed by atoms with Crippen LogP contribution >= 0.6 is 0 Å². The Morgan fingerprint density at radius 3 is 3.00 bits per heavy atom. The number of carbonyl (C=O) groups excluding carboxylic acids is 1. The van der Waals surface area contributed by atoms with Gasteiger partial charge in [-0.1, -0.05) is 0 Å². The van der Waals surface area contributed by atoms with Crippen LogP contribution in [0.15, 0.2) is 0 Å². The molecule has 0 aromatic heterocycles. The Kier molecular flexibility index (Phi) is 3.20. The fraction of sp³-hybridized carbons (Fsp3) is 0.889. The molecule has 0 aliphatic carbocycles. The van der Waals surface area contributed by atoms with E-state index in [9.17, 15) is 9.90 Å². The molecule has 2 rings (SSSR count). The smallest absolute Gasteiger partial charge is 0.310 e. The molecule has 6 heteroatoms. The Morgan fingerprint density at radius 1 is 1.47 bits per heavy atom. The van der Waals surface area contributed by atoms with Gasteiger partial charge in [-0.05, 0) is 0 Å². The zero-order chi connectivity index (χ0) is 10.8. The summed E-state index contributed by atoms with van der Waals surface area (Å²) in [5, 5.41) is 9.51. The molecule has 2 aliphatic rings. The van der Waals surface area contributed by atoms with Crippen LogP contribution in [0.5, 0.6) is 0 Å². The minimum atomic E-state index is -0.643. The lowest BCUT2D eigenvalue weighted by Gasteiger charge is -2.31. The lowest BCUT2D eigenvalue weighted by Crippen LogP contribution is -2.46. The molecule has 2 heterocycles. The predicted molar refractivity (Wildman–Crippen MR) is 47.0 cm³/mol. The number of hydrogen-bond acceptors (Lipinski definition) is 6. The van der Waals surface area contributed by atoms with Gasteiger partial charge in [-0.15, -0.1) is 0 Å². The largest absolute Gasteiger partial charge is 0.469 e. The van der Waals surface area contributed by atoms with Crippen molar-refractivity contribution in [3.8, 4) is 0 Å². The molecule has 2 saturated heterocycles. The first-order chi connectivity index (χ1) is 7.20. The van der Waals surface area contributed by atoms with E-state index in [4.69, 9.17) is 14.2 Å².